The lowest BCUT2D eigenvalue weighted by molar-refractivity contribution is 0.137. The number of urea groups is 1. The zero-order chi connectivity index (χ0) is 15.4. The van der Waals surface area contributed by atoms with Crippen molar-refractivity contribution in [2.45, 2.75) is 37.2 Å². The van der Waals surface area contributed by atoms with Crippen LogP contribution in [0.2, 0.25) is 0 Å². The van der Waals surface area contributed by atoms with Crippen LogP contribution in [-0.2, 0) is 0 Å². The molecule has 1 aromatic heterocycles. The largest absolute Gasteiger partial charge is 0.350 e. The van der Waals surface area contributed by atoms with E-state index in [1.54, 1.807) is 11.3 Å². The molecule has 1 saturated heterocycles. The van der Waals surface area contributed by atoms with Crippen LogP contribution in [-0.4, -0.2) is 21.6 Å². The lowest BCUT2D eigenvalue weighted by Crippen LogP contribution is -2.52. The molecule has 2 aromatic rings. The third kappa shape index (κ3) is 2.11. The van der Waals surface area contributed by atoms with E-state index in [0.29, 0.717) is 0 Å². The minimum Gasteiger partial charge on any atom is -0.350 e. The Morgan fingerprint density at radius 2 is 2.05 bits per heavy atom. The molecule has 6 heteroatoms. The number of primary amides is 1. The van der Waals surface area contributed by atoms with Crippen LogP contribution >= 0.6 is 22.9 Å². The van der Waals surface area contributed by atoms with E-state index in [1.165, 1.54) is 15.1 Å². The highest BCUT2D eigenvalue weighted by atomic mass is 35.5. The number of hydrogen-bond acceptors (Lipinski definition) is 3. The summed E-state index contributed by atoms with van der Waals surface area (Å²) in [4.78, 5) is 10.9. The molecule has 0 bridgehead atoms. The monoisotopic (exact) mass is 323 g/mol. The Morgan fingerprint density at radius 1 is 1.38 bits per heavy atom. The number of carbonyl (C=O) groups excluding carboxylic acids is 1. The molecule has 0 spiro atoms. The number of alkyl halides is 1. The molecule has 0 radical (unpaired) electrons. The molecule has 21 heavy (non-hydrogen) atoms. The van der Waals surface area contributed by atoms with Gasteiger partial charge in [-0.15, -0.1) is 11.3 Å². The first-order valence-electron chi connectivity index (χ1n) is 6.77. The van der Waals surface area contributed by atoms with Crippen LogP contribution in [0.4, 0.5) is 4.79 Å². The molecule has 1 fully saturated rings. The van der Waals surface area contributed by atoms with Crippen LogP contribution in [0.5, 0.6) is 0 Å². The summed E-state index contributed by atoms with van der Waals surface area (Å²) in [7, 11) is 0. The normalized spacial score (nSPS) is 28.2. The first kappa shape index (κ1) is 14.6. The van der Waals surface area contributed by atoms with Crippen LogP contribution in [0.15, 0.2) is 29.6 Å². The average molecular weight is 324 g/mol. The Morgan fingerprint density at radius 3 is 2.67 bits per heavy atom. The van der Waals surface area contributed by atoms with Crippen molar-refractivity contribution in [2.24, 2.45) is 5.73 Å². The number of thiophene rings is 1. The van der Waals surface area contributed by atoms with Crippen molar-refractivity contribution >= 4 is 39.1 Å². The fourth-order valence-electron chi connectivity index (χ4n) is 3.45. The number of benzene rings is 1. The maximum Gasteiger partial charge on any atom is 0.329 e. The van der Waals surface area contributed by atoms with E-state index in [9.17, 15) is 4.79 Å². The second-order valence-electron chi connectivity index (χ2n) is 6.13. The SMILES string of the molecule is CC1(Cl)NN(C(N)=O)C(C)(C)C1c1csc2ccccc12. The van der Waals surface area contributed by atoms with E-state index in [-0.39, 0.29) is 5.92 Å². The van der Waals surface area contributed by atoms with Gasteiger partial charge in [0.25, 0.3) is 0 Å². The first-order chi connectivity index (χ1) is 9.75. The van der Waals surface area contributed by atoms with E-state index in [2.05, 4.69) is 22.9 Å². The van der Waals surface area contributed by atoms with Gasteiger partial charge in [-0.3, -0.25) is 5.01 Å². The summed E-state index contributed by atoms with van der Waals surface area (Å²) in [5.41, 5.74) is 9.17. The highest BCUT2D eigenvalue weighted by Gasteiger charge is 2.56. The summed E-state index contributed by atoms with van der Waals surface area (Å²) in [5, 5.41) is 4.75. The predicted molar refractivity (Wildman–Crippen MR) is 87.5 cm³/mol. The molecule has 0 saturated carbocycles. The summed E-state index contributed by atoms with van der Waals surface area (Å²) >= 11 is 8.38. The summed E-state index contributed by atoms with van der Waals surface area (Å²) in [6.07, 6.45) is 0. The van der Waals surface area contributed by atoms with Gasteiger partial charge in [-0.2, -0.15) is 0 Å². The smallest absolute Gasteiger partial charge is 0.329 e. The number of hydrazine groups is 1. The second-order valence-corrected chi connectivity index (χ2v) is 7.83. The second kappa shape index (κ2) is 4.60. The molecule has 4 nitrogen and oxygen atoms in total. The van der Waals surface area contributed by atoms with Crippen molar-refractivity contribution in [1.29, 1.82) is 0 Å². The molecule has 0 aliphatic carbocycles. The van der Waals surface area contributed by atoms with Gasteiger partial charge in [0.15, 0.2) is 0 Å². The molecule has 1 aliphatic heterocycles. The third-order valence-corrected chi connectivity index (χ3v) is 5.48. The van der Waals surface area contributed by atoms with Gasteiger partial charge in [0.1, 0.15) is 5.00 Å². The van der Waals surface area contributed by atoms with Crippen molar-refractivity contribution in [1.82, 2.24) is 10.4 Å². The molecular formula is C15H18ClN3OS. The van der Waals surface area contributed by atoms with E-state index < -0.39 is 16.6 Å². The molecule has 1 aromatic carbocycles. The van der Waals surface area contributed by atoms with E-state index >= 15 is 0 Å². The van der Waals surface area contributed by atoms with Gasteiger partial charge in [-0.1, -0.05) is 29.8 Å². The minimum absolute atomic E-state index is 0.0738. The van der Waals surface area contributed by atoms with Crippen molar-refractivity contribution < 1.29 is 4.79 Å². The number of amides is 2. The lowest BCUT2D eigenvalue weighted by Gasteiger charge is -2.34. The minimum atomic E-state index is -0.775. The van der Waals surface area contributed by atoms with Gasteiger partial charge >= 0.3 is 6.03 Å². The van der Waals surface area contributed by atoms with Crippen molar-refractivity contribution in [3.05, 3.63) is 35.2 Å². The third-order valence-electron chi connectivity index (χ3n) is 4.20. The number of fused-ring (bicyclic) bond motifs is 1. The van der Waals surface area contributed by atoms with Crippen molar-refractivity contribution in [3.8, 4) is 0 Å². The predicted octanol–water partition coefficient (Wildman–Crippen LogP) is 3.62. The van der Waals surface area contributed by atoms with Gasteiger partial charge in [-0.25, -0.2) is 10.2 Å². The number of halogens is 1. The zero-order valence-corrected chi connectivity index (χ0v) is 13.8. The van der Waals surface area contributed by atoms with E-state index in [1.807, 2.05) is 32.9 Å². The zero-order valence-electron chi connectivity index (χ0n) is 12.2. The topological polar surface area (TPSA) is 58.4 Å². The van der Waals surface area contributed by atoms with Crippen molar-refractivity contribution in [2.75, 3.05) is 0 Å². The Hall–Kier alpha value is -1.30. The summed E-state index contributed by atoms with van der Waals surface area (Å²) in [6, 6.07) is 7.71. The van der Waals surface area contributed by atoms with Gasteiger partial charge in [0.05, 0.1) is 5.54 Å². The first-order valence-corrected chi connectivity index (χ1v) is 8.03. The van der Waals surface area contributed by atoms with E-state index in [4.69, 9.17) is 17.3 Å². The van der Waals surface area contributed by atoms with Crippen LogP contribution in [0, 0.1) is 0 Å². The Bertz CT molecular complexity index is 710. The number of nitrogens with one attached hydrogen (secondary N) is 1. The lowest BCUT2D eigenvalue weighted by atomic mass is 9.79. The molecule has 3 N–H and O–H groups in total. The van der Waals surface area contributed by atoms with Crippen LogP contribution in [0.3, 0.4) is 0 Å². The fraction of sp³-hybridized carbons (Fsp3) is 0.400. The van der Waals surface area contributed by atoms with Crippen LogP contribution in [0.25, 0.3) is 10.1 Å². The molecule has 2 amide bonds. The molecule has 2 heterocycles. The highest BCUT2D eigenvalue weighted by Crippen LogP contribution is 2.50. The van der Waals surface area contributed by atoms with Gasteiger partial charge < -0.3 is 5.73 Å². The van der Waals surface area contributed by atoms with Crippen molar-refractivity contribution in [3.63, 3.8) is 0 Å². The maximum absolute atomic E-state index is 11.7. The summed E-state index contributed by atoms with van der Waals surface area (Å²) in [5.74, 6) is -0.0738. The average Bonchev–Trinajstić information content (AvgIpc) is 2.86. The Kier molecular flexibility index (Phi) is 3.20. The highest BCUT2D eigenvalue weighted by molar-refractivity contribution is 7.17. The van der Waals surface area contributed by atoms with Gasteiger partial charge in [0.2, 0.25) is 0 Å². The van der Waals surface area contributed by atoms with Gasteiger partial charge in [0, 0.05) is 10.6 Å². The molecular weight excluding hydrogens is 306 g/mol. The molecule has 2 atom stereocenters. The number of nitrogens with two attached hydrogens (primary N) is 1. The van der Waals surface area contributed by atoms with Crippen LogP contribution < -0.4 is 11.2 Å². The standard InChI is InChI=1S/C15H18ClN3OS/c1-14(2)12(15(3,16)18-19(14)13(17)20)10-8-21-11-7-5-4-6-9(10)11/h4-8,12,18H,1-3H3,(H2,17,20). The number of rotatable bonds is 1. The van der Waals surface area contributed by atoms with E-state index in [0.717, 1.165) is 5.56 Å². The molecule has 3 rings (SSSR count). The Labute approximate surface area is 132 Å². The number of carbonyl (C=O) groups is 1. The fourth-order valence-corrected chi connectivity index (χ4v) is 4.91. The summed E-state index contributed by atoms with van der Waals surface area (Å²) < 4.78 is 1.22. The molecule has 112 valence electrons. The Balaban J connectivity index is 2.18. The summed E-state index contributed by atoms with van der Waals surface area (Å²) in [6.45, 7) is 5.85. The maximum atomic E-state index is 11.7. The number of nitrogens with zero attached hydrogens (tertiary/aromatic N) is 1. The van der Waals surface area contributed by atoms with Gasteiger partial charge in [-0.05, 0) is 43.2 Å². The van der Waals surface area contributed by atoms with Crippen LogP contribution in [0.1, 0.15) is 32.3 Å². The number of hydrogen-bond donors (Lipinski definition) is 2. The molecule has 2 unspecified atom stereocenters. The quantitative estimate of drug-likeness (QED) is 0.622. The molecule has 1 aliphatic rings.